The Bertz CT molecular complexity index is 185. The minimum Gasteiger partial charge on any atom is -0.493 e. The largest absolute Gasteiger partial charge is 0.493 e. The second-order valence-electron chi connectivity index (χ2n) is 1.87. The molecule has 9 heavy (non-hydrogen) atoms. The van der Waals surface area contributed by atoms with E-state index in [9.17, 15) is 0 Å². The molecule has 0 saturated carbocycles. The zero-order valence-electron chi connectivity index (χ0n) is 5.55. The van der Waals surface area contributed by atoms with E-state index < -0.39 is 0 Å². The first-order valence-electron chi connectivity index (χ1n) is 2.88. The van der Waals surface area contributed by atoms with Gasteiger partial charge in [0.15, 0.2) is 0 Å². The predicted molar refractivity (Wildman–Crippen MR) is 33.1 cm³/mol. The van der Waals surface area contributed by atoms with Crippen molar-refractivity contribution in [2.75, 3.05) is 0 Å². The van der Waals surface area contributed by atoms with Crippen LogP contribution in [0.2, 0.25) is 0 Å². The molecule has 3 heteroatoms. The van der Waals surface area contributed by atoms with E-state index >= 15 is 0 Å². The lowest BCUT2D eigenvalue weighted by Gasteiger charge is -1.86. The maximum Gasteiger partial charge on any atom is 0.217 e. The molecule has 0 saturated heterocycles. The lowest BCUT2D eigenvalue weighted by atomic mass is 10.3. The Kier molecular flexibility index (Phi) is 1.42. The van der Waals surface area contributed by atoms with Crippen molar-refractivity contribution in [2.24, 2.45) is 7.05 Å². The Morgan fingerprint density at radius 1 is 1.78 bits per heavy atom. The van der Waals surface area contributed by atoms with E-state index in [1.54, 1.807) is 7.05 Å². The Morgan fingerprint density at radius 3 is 2.67 bits per heavy atom. The standard InChI is InChI=1S/C6H9N2O/c1-3-5-4-6(9)8(2)7-5/h9H,3H2,1-2H3. The summed E-state index contributed by atoms with van der Waals surface area (Å²) >= 11 is 0. The van der Waals surface area contributed by atoms with E-state index in [0.717, 1.165) is 12.1 Å². The molecule has 0 unspecified atom stereocenters. The van der Waals surface area contributed by atoms with Crippen LogP contribution in [0.4, 0.5) is 0 Å². The van der Waals surface area contributed by atoms with Gasteiger partial charge in [-0.1, -0.05) is 6.92 Å². The smallest absolute Gasteiger partial charge is 0.217 e. The van der Waals surface area contributed by atoms with E-state index in [1.165, 1.54) is 4.68 Å². The lowest BCUT2D eigenvalue weighted by molar-refractivity contribution is 0.418. The summed E-state index contributed by atoms with van der Waals surface area (Å²) in [5.41, 5.74) is 0.801. The van der Waals surface area contributed by atoms with Gasteiger partial charge in [-0.3, -0.25) is 0 Å². The third kappa shape index (κ3) is 1.04. The Labute approximate surface area is 53.9 Å². The fraction of sp³-hybridized carbons (Fsp3) is 0.500. The molecule has 1 aromatic rings. The molecule has 0 spiro atoms. The van der Waals surface area contributed by atoms with E-state index in [4.69, 9.17) is 5.11 Å². The van der Waals surface area contributed by atoms with Gasteiger partial charge < -0.3 is 5.11 Å². The average Bonchev–Trinajstić information content (AvgIpc) is 2.13. The van der Waals surface area contributed by atoms with Crippen LogP contribution in [0, 0.1) is 6.07 Å². The number of hydrogen-bond acceptors (Lipinski definition) is 2. The number of nitrogens with zero attached hydrogens (tertiary/aromatic N) is 2. The molecule has 0 aromatic carbocycles. The zero-order valence-corrected chi connectivity index (χ0v) is 5.55. The second kappa shape index (κ2) is 2.09. The van der Waals surface area contributed by atoms with Crippen molar-refractivity contribution in [1.82, 2.24) is 9.78 Å². The number of aryl methyl sites for hydroxylation is 2. The molecule has 0 aliphatic heterocycles. The maximum absolute atomic E-state index is 8.92. The number of aromatic nitrogens is 2. The van der Waals surface area contributed by atoms with Gasteiger partial charge >= 0.3 is 0 Å². The quantitative estimate of drug-likeness (QED) is 0.593. The molecule has 1 rings (SSSR count). The van der Waals surface area contributed by atoms with Gasteiger partial charge in [-0.05, 0) is 6.42 Å². The van der Waals surface area contributed by atoms with E-state index in [2.05, 4.69) is 11.2 Å². The molecular weight excluding hydrogens is 116 g/mol. The lowest BCUT2D eigenvalue weighted by Crippen LogP contribution is -1.89. The van der Waals surface area contributed by atoms with Crippen molar-refractivity contribution in [3.63, 3.8) is 0 Å². The van der Waals surface area contributed by atoms with E-state index in [0.29, 0.717) is 0 Å². The van der Waals surface area contributed by atoms with Gasteiger partial charge in [0, 0.05) is 7.05 Å². The molecule has 1 N–H and O–H groups in total. The minimum atomic E-state index is 0.104. The van der Waals surface area contributed by atoms with Crippen molar-refractivity contribution in [3.8, 4) is 5.88 Å². The summed E-state index contributed by atoms with van der Waals surface area (Å²) in [5.74, 6) is 0.104. The van der Waals surface area contributed by atoms with Gasteiger partial charge in [-0.15, -0.1) is 0 Å². The number of rotatable bonds is 1. The monoisotopic (exact) mass is 125 g/mol. The summed E-state index contributed by atoms with van der Waals surface area (Å²) < 4.78 is 1.40. The number of hydrogen-bond donors (Lipinski definition) is 1. The molecular formula is C6H9N2O. The van der Waals surface area contributed by atoms with Gasteiger partial charge in [0.05, 0.1) is 11.8 Å². The molecule has 3 nitrogen and oxygen atoms in total. The molecule has 0 amide bonds. The van der Waals surface area contributed by atoms with Crippen LogP contribution in [0.15, 0.2) is 0 Å². The average molecular weight is 125 g/mol. The van der Waals surface area contributed by atoms with Gasteiger partial charge in [0.25, 0.3) is 0 Å². The van der Waals surface area contributed by atoms with Crippen LogP contribution in [0.25, 0.3) is 0 Å². The Balaban J connectivity index is 2.98. The van der Waals surface area contributed by atoms with Gasteiger partial charge in [-0.2, -0.15) is 5.10 Å². The van der Waals surface area contributed by atoms with Crippen molar-refractivity contribution in [2.45, 2.75) is 13.3 Å². The first-order valence-corrected chi connectivity index (χ1v) is 2.88. The van der Waals surface area contributed by atoms with Crippen LogP contribution < -0.4 is 0 Å². The number of aromatic hydroxyl groups is 1. The molecule has 49 valence electrons. The maximum atomic E-state index is 8.92. The van der Waals surface area contributed by atoms with Crippen molar-refractivity contribution in [1.29, 1.82) is 0 Å². The molecule has 0 aliphatic carbocycles. The first-order chi connectivity index (χ1) is 4.24. The first kappa shape index (κ1) is 6.13. The van der Waals surface area contributed by atoms with Crippen LogP contribution >= 0.6 is 0 Å². The van der Waals surface area contributed by atoms with Crippen LogP contribution in [-0.4, -0.2) is 14.9 Å². The van der Waals surface area contributed by atoms with Crippen LogP contribution in [-0.2, 0) is 13.5 Å². The van der Waals surface area contributed by atoms with E-state index in [1.807, 2.05) is 6.92 Å². The summed E-state index contributed by atoms with van der Waals surface area (Å²) in [7, 11) is 1.69. The summed E-state index contributed by atoms with van der Waals surface area (Å²) in [4.78, 5) is 0. The summed E-state index contributed by atoms with van der Waals surface area (Å²) in [6.45, 7) is 1.97. The van der Waals surface area contributed by atoms with Gasteiger partial charge in [0.2, 0.25) is 5.88 Å². The second-order valence-corrected chi connectivity index (χ2v) is 1.87. The highest BCUT2D eigenvalue weighted by Gasteiger charge is 1.99. The molecule has 0 atom stereocenters. The SMILES string of the molecule is CCc1[c]c(O)n(C)n1. The molecule has 0 fully saturated rings. The highest BCUT2D eigenvalue weighted by molar-refractivity contribution is 5.10. The van der Waals surface area contributed by atoms with Crippen molar-refractivity contribution in [3.05, 3.63) is 11.8 Å². The Morgan fingerprint density at radius 2 is 2.44 bits per heavy atom. The molecule has 1 radical (unpaired) electrons. The van der Waals surface area contributed by atoms with Crippen molar-refractivity contribution < 1.29 is 5.11 Å². The molecule has 0 aliphatic rings. The molecule has 1 aromatic heterocycles. The van der Waals surface area contributed by atoms with Gasteiger partial charge in [-0.25, -0.2) is 4.68 Å². The fourth-order valence-electron chi connectivity index (χ4n) is 0.622. The van der Waals surface area contributed by atoms with Crippen LogP contribution in [0.5, 0.6) is 5.88 Å². The summed E-state index contributed by atoms with van der Waals surface area (Å²) in [6, 6.07) is 2.70. The Hall–Kier alpha value is -0.990. The zero-order chi connectivity index (χ0) is 6.85. The van der Waals surface area contributed by atoms with E-state index in [-0.39, 0.29) is 5.88 Å². The highest BCUT2D eigenvalue weighted by Crippen LogP contribution is 2.07. The van der Waals surface area contributed by atoms with Crippen molar-refractivity contribution >= 4 is 0 Å². The van der Waals surface area contributed by atoms with Gasteiger partial charge in [0.1, 0.15) is 0 Å². The predicted octanol–water partition coefficient (Wildman–Crippen LogP) is 0.488. The van der Waals surface area contributed by atoms with Crippen LogP contribution in [0.3, 0.4) is 0 Å². The third-order valence-electron chi connectivity index (χ3n) is 1.17. The summed E-state index contributed by atoms with van der Waals surface area (Å²) in [6.07, 6.45) is 0.814. The minimum absolute atomic E-state index is 0.104. The molecule has 1 heterocycles. The normalized spacial score (nSPS) is 10.0. The molecule has 0 bridgehead atoms. The summed E-state index contributed by atoms with van der Waals surface area (Å²) in [5, 5.41) is 12.9. The highest BCUT2D eigenvalue weighted by atomic mass is 16.3. The topological polar surface area (TPSA) is 38.0 Å². The van der Waals surface area contributed by atoms with Crippen LogP contribution in [0.1, 0.15) is 12.6 Å². The third-order valence-corrected chi connectivity index (χ3v) is 1.17. The fourth-order valence-corrected chi connectivity index (χ4v) is 0.622.